The summed E-state index contributed by atoms with van der Waals surface area (Å²) in [5, 5.41) is 6.86. The Morgan fingerprint density at radius 1 is 0.356 bits per heavy atom. The Kier molecular flexibility index (Phi) is 36.3. The van der Waals surface area contributed by atoms with Crippen LogP contribution in [0.25, 0.3) is 0 Å². The molecule has 0 spiro atoms. The lowest BCUT2D eigenvalue weighted by molar-refractivity contribution is -0.00804. The van der Waals surface area contributed by atoms with Crippen molar-refractivity contribution in [2.24, 2.45) is 5.92 Å². The zero-order chi connectivity index (χ0) is 76.4. The number of hydrogen-bond acceptors (Lipinski definition) is 16. The SMILES string of the molecule is CC(C)(C)N1CC2CC1CN2.CC(C)(C)N1CC2CC1CO2.CC(C)(C)N1CC2CCC1C2.CC(C)(C)N1CC=CC1.CC(C)(C)N1CCC1.CC(C)(C)N1CCCC1.CC(C)(C)N1CCCCC1.CC(C)(C)N1CCNCC1.CC(C)(C)N1CCOCC1.CC(C)(C)N1CCS(=O)(=O)CC1. The minimum absolute atomic E-state index is 0.107. The molecule has 12 aliphatic heterocycles. The van der Waals surface area contributed by atoms with Crippen LogP contribution in [-0.4, -0.2) is 305 Å². The van der Waals surface area contributed by atoms with Gasteiger partial charge in [0.15, 0.2) is 9.84 Å². The fourth-order valence-electron chi connectivity index (χ4n) is 16.3. The van der Waals surface area contributed by atoms with Crippen LogP contribution in [0.15, 0.2) is 12.2 Å². The van der Waals surface area contributed by atoms with Crippen LogP contribution in [0.3, 0.4) is 0 Å². The summed E-state index contributed by atoms with van der Waals surface area (Å²) >= 11 is 0. The molecular formula is C84H172N12O4S. The normalized spacial score (nSPS) is 28.2. The third-order valence-electron chi connectivity index (χ3n) is 23.2. The molecule has 17 heteroatoms. The number of fused-ring (bicyclic) bond motifs is 6. The van der Waals surface area contributed by atoms with Crippen molar-refractivity contribution in [3.8, 4) is 0 Å². The second-order valence-corrected chi connectivity index (χ2v) is 44.1. The Morgan fingerprint density at radius 2 is 0.733 bits per heavy atom. The van der Waals surface area contributed by atoms with Crippen molar-refractivity contribution in [1.82, 2.24) is 59.6 Å². The summed E-state index contributed by atoms with van der Waals surface area (Å²) < 4.78 is 33.0. The number of hydrogen-bond donors (Lipinski definition) is 2. The summed E-state index contributed by atoms with van der Waals surface area (Å²) in [6.45, 7) is 94.2. The van der Waals surface area contributed by atoms with Gasteiger partial charge in [0.25, 0.3) is 0 Å². The van der Waals surface area contributed by atoms with Crippen LogP contribution < -0.4 is 10.6 Å². The quantitative estimate of drug-likeness (QED) is 0.224. The van der Waals surface area contributed by atoms with Gasteiger partial charge < -0.3 is 20.1 Å². The Labute approximate surface area is 628 Å². The number of sulfone groups is 1. The Hall–Kier alpha value is -0.870. The molecule has 11 saturated heterocycles. The minimum atomic E-state index is -2.72. The Balaban J connectivity index is 0.000000238. The number of ether oxygens (including phenoxy) is 2. The van der Waals surface area contributed by atoms with Crippen LogP contribution in [0, 0.1) is 5.92 Å². The molecule has 16 nitrogen and oxygen atoms in total. The molecule has 6 unspecified atom stereocenters. The highest BCUT2D eigenvalue weighted by molar-refractivity contribution is 7.91. The fourth-order valence-corrected chi connectivity index (χ4v) is 17.5. The number of nitrogens with zero attached hydrogens (tertiary/aromatic N) is 10. The predicted molar refractivity (Wildman–Crippen MR) is 437 cm³/mol. The monoisotopic (exact) mass is 1450 g/mol. The topological polar surface area (TPSA) is 109 Å². The smallest absolute Gasteiger partial charge is 0.152 e. The van der Waals surface area contributed by atoms with E-state index in [0.29, 0.717) is 86.6 Å². The predicted octanol–water partition coefficient (Wildman–Crippen LogP) is 14.0. The van der Waals surface area contributed by atoms with E-state index in [2.05, 4.69) is 279 Å². The summed E-state index contributed by atoms with van der Waals surface area (Å²) in [5.74, 6) is 1.69. The van der Waals surface area contributed by atoms with Gasteiger partial charge in [-0.3, -0.25) is 49.0 Å². The molecule has 6 atom stereocenters. The number of rotatable bonds is 0. The van der Waals surface area contributed by atoms with E-state index in [-0.39, 0.29) is 5.54 Å². The number of morpholine rings is 2. The maximum absolute atomic E-state index is 11.1. The highest BCUT2D eigenvalue weighted by atomic mass is 32.2. The van der Waals surface area contributed by atoms with Crippen molar-refractivity contribution in [2.45, 2.75) is 364 Å². The number of piperazine rings is 2. The van der Waals surface area contributed by atoms with Gasteiger partial charge in [0.2, 0.25) is 0 Å². The molecular weight excluding hydrogens is 1270 g/mol. The summed E-state index contributed by atoms with van der Waals surface area (Å²) in [7, 11) is -2.72. The zero-order valence-corrected chi connectivity index (χ0v) is 73.4. The molecule has 1 aliphatic carbocycles. The largest absolute Gasteiger partial charge is 0.379 e. The average Bonchev–Trinajstić information content (AvgIpc) is 1.73. The zero-order valence-electron chi connectivity index (χ0n) is 72.6. The van der Waals surface area contributed by atoms with Crippen LogP contribution in [0.5, 0.6) is 0 Å². The summed E-state index contributed by atoms with van der Waals surface area (Å²) in [6, 6.07) is 3.25. The van der Waals surface area contributed by atoms with Crippen LogP contribution in [0.4, 0.5) is 0 Å². The first-order valence-electron chi connectivity index (χ1n) is 41.2. The van der Waals surface area contributed by atoms with Crippen LogP contribution in [0.2, 0.25) is 0 Å². The molecule has 2 N–H and O–H groups in total. The summed E-state index contributed by atoms with van der Waals surface area (Å²) in [6.07, 6.45) is 20.5. The number of piperidine rings is 2. The van der Waals surface area contributed by atoms with Crippen molar-refractivity contribution < 1.29 is 17.9 Å². The molecule has 12 heterocycles. The minimum Gasteiger partial charge on any atom is -0.379 e. The molecule has 6 bridgehead atoms. The molecule has 0 amide bonds. The molecule has 0 aromatic carbocycles. The lowest BCUT2D eigenvalue weighted by Gasteiger charge is -2.42. The van der Waals surface area contributed by atoms with Crippen molar-refractivity contribution in [3.05, 3.63) is 12.2 Å². The molecule has 13 rings (SSSR count). The number of likely N-dealkylation sites (tertiary alicyclic amines) is 6. The van der Waals surface area contributed by atoms with Gasteiger partial charge in [-0.05, 0) is 317 Å². The molecule has 101 heavy (non-hydrogen) atoms. The van der Waals surface area contributed by atoms with Gasteiger partial charge >= 0.3 is 0 Å². The van der Waals surface area contributed by atoms with E-state index in [9.17, 15) is 8.42 Å². The van der Waals surface area contributed by atoms with Gasteiger partial charge in [0.1, 0.15) is 0 Å². The van der Waals surface area contributed by atoms with Gasteiger partial charge in [0, 0.05) is 171 Å². The van der Waals surface area contributed by atoms with E-state index in [1.807, 2.05) is 0 Å². The second-order valence-electron chi connectivity index (χ2n) is 41.8. The van der Waals surface area contributed by atoms with E-state index < -0.39 is 9.84 Å². The molecule has 0 aromatic heterocycles. The van der Waals surface area contributed by atoms with E-state index in [1.54, 1.807) is 0 Å². The van der Waals surface area contributed by atoms with E-state index in [1.165, 1.54) is 143 Å². The maximum Gasteiger partial charge on any atom is 0.152 e. The Bertz CT molecular complexity index is 2220. The highest BCUT2D eigenvalue weighted by Crippen LogP contribution is 2.41. The van der Waals surface area contributed by atoms with Crippen molar-refractivity contribution in [1.29, 1.82) is 0 Å². The Morgan fingerprint density at radius 3 is 0.980 bits per heavy atom. The first-order chi connectivity index (χ1) is 46.2. The van der Waals surface area contributed by atoms with Gasteiger partial charge in [-0.15, -0.1) is 0 Å². The van der Waals surface area contributed by atoms with Crippen LogP contribution in [-0.2, 0) is 19.3 Å². The lowest BCUT2D eigenvalue weighted by Crippen LogP contribution is -2.52. The standard InChI is InChI=1S/C10H19N.C9H18N2.C9H17NO.C9H19N.C8H18N2.C8H17NO2S.C8H17NO.C8H17N.C8H15N.C7H15N/c1-10(2,3)11-7-8-4-5-9(11)6-8;1-9(2,3)11-6-7-4-8(11)5-10-7;1-9(2,3)10-5-8-4-7(10)6-11-8;1-9(2,3)10-7-5-4-6-8-10;1-8(2,3)10-6-4-9-5-7-10;1-8(2,3)9-4-6-12(10,11)7-5-9;1-8(2,3)9-4-6-10-7-5-9;2*1-8(2,3)9-6-4-5-7-9;1-7(2,3)8-5-4-6-8/h8-9H,4-7H2,1-3H3;7-8,10H,4-6H2,1-3H3;7-8H,4-6H2,1-3H3;4-8H2,1-3H3;9H,4-7H2,1-3H3;4-7H2,1-3H3;4-7H2,1-3H3;4-7H2,1-3H3;4-5H,6-7H2,1-3H3;4-6H2,1-3H3. The highest BCUT2D eigenvalue weighted by Gasteiger charge is 2.45. The second kappa shape index (κ2) is 39.7. The number of nitrogens with one attached hydrogen (secondary N) is 2. The average molecular weight is 1450 g/mol. The molecule has 0 radical (unpaired) electrons. The fraction of sp³-hybridized carbons (Fsp3) is 0.976. The van der Waals surface area contributed by atoms with E-state index in [4.69, 9.17) is 9.47 Å². The maximum atomic E-state index is 11.1. The van der Waals surface area contributed by atoms with Crippen LogP contribution in [0.1, 0.15) is 278 Å². The third-order valence-corrected chi connectivity index (χ3v) is 24.8. The first-order valence-corrected chi connectivity index (χ1v) is 43.0. The molecule has 13 aliphatic rings. The summed E-state index contributed by atoms with van der Waals surface area (Å²) in [5.41, 5.74) is 3.52. The lowest BCUT2D eigenvalue weighted by atomic mass is 10.0. The van der Waals surface area contributed by atoms with Gasteiger partial charge in [-0.25, -0.2) is 8.42 Å². The van der Waals surface area contributed by atoms with Gasteiger partial charge in [-0.2, -0.15) is 0 Å². The van der Waals surface area contributed by atoms with Crippen molar-refractivity contribution in [3.63, 3.8) is 0 Å². The van der Waals surface area contributed by atoms with E-state index >= 15 is 0 Å². The van der Waals surface area contributed by atoms with Crippen molar-refractivity contribution in [2.75, 3.05) is 162 Å². The summed E-state index contributed by atoms with van der Waals surface area (Å²) in [4.78, 5) is 25.1. The first kappa shape index (κ1) is 92.5. The van der Waals surface area contributed by atoms with Crippen molar-refractivity contribution >= 4 is 9.84 Å². The molecule has 1 saturated carbocycles. The molecule has 598 valence electrons. The third kappa shape index (κ3) is 33.9. The van der Waals surface area contributed by atoms with Crippen LogP contribution >= 0.6 is 0 Å². The van der Waals surface area contributed by atoms with E-state index in [0.717, 1.165) is 89.7 Å². The van der Waals surface area contributed by atoms with Gasteiger partial charge in [0.05, 0.1) is 37.4 Å². The molecule has 12 fully saturated rings. The molecule has 0 aromatic rings. The van der Waals surface area contributed by atoms with Gasteiger partial charge in [-0.1, -0.05) is 18.6 Å².